The van der Waals surface area contributed by atoms with Crippen LogP contribution >= 0.6 is 0 Å². The Morgan fingerprint density at radius 2 is 1.48 bits per heavy atom. The second-order valence-corrected chi connectivity index (χ2v) is 9.33. The molecule has 0 unspecified atom stereocenters. The lowest BCUT2D eigenvalue weighted by Gasteiger charge is -2.42. The summed E-state index contributed by atoms with van der Waals surface area (Å²) >= 11 is 0. The van der Waals surface area contributed by atoms with Crippen LogP contribution in [0.15, 0.2) is 24.3 Å². The standard InChI is InChI=1S/C25H37N3O3/c1-31-23-7-5-20(6-8-23)19-24(29)27-17-11-22(12-18-27)26-15-9-21(10-16-26)25(30)28-13-3-2-4-14-28/h5-8,21-22H,2-4,9-19H2,1H3. The highest BCUT2D eigenvalue weighted by Crippen LogP contribution is 2.26. The van der Waals surface area contributed by atoms with Crippen molar-refractivity contribution >= 4 is 11.8 Å². The molecular formula is C25H37N3O3. The summed E-state index contributed by atoms with van der Waals surface area (Å²) < 4.78 is 5.19. The van der Waals surface area contributed by atoms with Crippen molar-refractivity contribution in [3.05, 3.63) is 29.8 Å². The van der Waals surface area contributed by atoms with E-state index in [9.17, 15) is 9.59 Å². The molecule has 3 aliphatic heterocycles. The number of methoxy groups -OCH3 is 1. The molecule has 3 fully saturated rings. The molecule has 1 aromatic rings. The first-order chi connectivity index (χ1) is 15.1. The van der Waals surface area contributed by atoms with Crippen LogP contribution in [0.25, 0.3) is 0 Å². The number of hydrogen-bond acceptors (Lipinski definition) is 4. The minimum absolute atomic E-state index is 0.217. The van der Waals surface area contributed by atoms with Gasteiger partial charge in [0.1, 0.15) is 5.75 Å². The largest absolute Gasteiger partial charge is 0.497 e. The van der Waals surface area contributed by atoms with Crippen LogP contribution in [0.4, 0.5) is 0 Å². The summed E-state index contributed by atoms with van der Waals surface area (Å²) in [6.45, 7) is 5.64. The van der Waals surface area contributed by atoms with Gasteiger partial charge >= 0.3 is 0 Å². The SMILES string of the molecule is COc1ccc(CC(=O)N2CCC(N3CCC(C(=O)N4CCCCC4)CC3)CC2)cc1. The number of benzene rings is 1. The van der Waals surface area contributed by atoms with Crippen molar-refractivity contribution in [1.29, 1.82) is 0 Å². The molecule has 0 radical (unpaired) electrons. The molecule has 0 spiro atoms. The van der Waals surface area contributed by atoms with Crippen LogP contribution in [-0.4, -0.2) is 78.9 Å². The first-order valence-electron chi connectivity index (χ1n) is 12.1. The van der Waals surface area contributed by atoms with E-state index in [4.69, 9.17) is 4.74 Å². The van der Waals surface area contributed by atoms with Gasteiger partial charge in [-0.3, -0.25) is 9.59 Å². The van der Waals surface area contributed by atoms with Gasteiger partial charge in [-0.1, -0.05) is 12.1 Å². The maximum Gasteiger partial charge on any atom is 0.226 e. The molecule has 0 atom stereocenters. The third-order valence-electron chi connectivity index (χ3n) is 7.39. The first kappa shape index (κ1) is 22.1. The molecule has 0 saturated carbocycles. The summed E-state index contributed by atoms with van der Waals surface area (Å²) in [4.78, 5) is 32.2. The van der Waals surface area contributed by atoms with Crippen molar-refractivity contribution in [3.8, 4) is 5.75 Å². The molecule has 0 N–H and O–H groups in total. The number of ether oxygens (including phenoxy) is 1. The second-order valence-electron chi connectivity index (χ2n) is 9.33. The van der Waals surface area contributed by atoms with E-state index in [2.05, 4.69) is 9.80 Å². The van der Waals surface area contributed by atoms with Crippen LogP contribution in [0.2, 0.25) is 0 Å². The van der Waals surface area contributed by atoms with Gasteiger partial charge in [-0.2, -0.15) is 0 Å². The Bertz CT molecular complexity index is 729. The Kier molecular flexibility index (Phi) is 7.49. The Morgan fingerprint density at radius 1 is 0.839 bits per heavy atom. The molecule has 1 aromatic carbocycles. The van der Waals surface area contributed by atoms with Gasteiger partial charge in [0, 0.05) is 38.1 Å². The minimum atomic E-state index is 0.217. The Balaban J connectivity index is 1.19. The number of rotatable bonds is 5. The van der Waals surface area contributed by atoms with E-state index < -0.39 is 0 Å². The topological polar surface area (TPSA) is 53.1 Å². The number of hydrogen-bond donors (Lipinski definition) is 0. The van der Waals surface area contributed by atoms with E-state index in [0.29, 0.717) is 18.4 Å². The molecule has 0 aromatic heterocycles. The lowest BCUT2D eigenvalue weighted by atomic mass is 9.91. The highest BCUT2D eigenvalue weighted by molar-refractivity contribution is 5.79. The van der Waals surface area contributed by atoms with Gasteiger partial charge in [0.2, 0.25) is 11.8 Å². The molecule has 3 heterocycles. The van der Waals surface area contributed by atoms with Crippen LogP contribution in [0.5, 0.6) is 5.75 Å². The molecule has 0 bridgehead atoms. The summed E-state index contributed by atoms with van der Waals surface area (Å²) in [6.07, 6.45) is 8.12. The quantitative estimate of drug-likeness (QED) is 0.725. The maximum absolute atomic E-state index is 12.8. The van der Waals surface area contributed by atoms with Gasteiger partial charge in [0.05, 0.1) is 13.5 Å². The Hall–Kier alpha value is -2.08. The molecular weight excluding hydrogens is 390 g/mol. The van der Waals surface area contributed by atoms with Crippen molar-refractivity contribution in [2.45, 2.75) is 57.4 Å². The first-order valence-corrected chi connectivity index (χ1v) is 12.1. The second kappa shape index (κ2) is 10.5. The van der Waals surface area contributed by atoms with Gasteiger partial charge < -0.3 is 19.4 Å². The van der Waals surface area contributed by atoms with Crippen molar-refractivity contribution < 1.29 is 14.3 Å². The van der Waals surface area contributed by atoms with Crippen LogP contribution in [-0.2, 0) is 16.0 Å². The number of piperidine rings is 3. The van der Waals surface area contributed by atoms with Crippen LogP contribution in [0.1, 0.15) is 50.5 Å². The van der Waals surface area contributed by atoms with Crippen molar-refractivity contribution in [1.82, 2.24) is 14.7 Å². The fourth-order valence-corrected chi connectivity index (χ4v) is 5.39. The molecule has 170 valence electrons. The average Bonchev–Trinajstić information content (AvgIpc) is 2.85. The maximum atomic E-state index is 12.8. The zero-order valence-corrected chi connectivity index (χ0v) is 18.9. The smallest absolute Gasteiger partial charge is 0.226 e. The molecule has 6 nitrogen and oxygen atoms in total. The Morgan fingerprint density at radius 3 is 2.10 bits per heavy atom. The van der Waals surface area contributed by atoms with Crippen LogP contribution < -0.4 is 4.74 Å². The van der Waals surface area contributed by atoms with Crippen molar-refractivity contribution in [2.24, 2.45) is 5.92 Å². The van der Waals surface area contributed by atoms with E-state index in [-0.39, 0.29) is 11.8 Å². The van der Waals surface area contributed by atoms with Gasteiger partial charge in [-0.05, 0) is 75.7 Å². The molecule has 6 heteroatoms. The molecule has 2 amide bonds. The van der Waals surface area contributed by atoms with Crippen molar-refractivity contribution in [2.75, 3.05) is 46.4 Å². The normalized spacial score (nSPS) is 21.8. The van der Waals surface area contributed by atoms with E-state index >= 15 is 0 Å². The molecule has 31 heavy (non-hydrogen) atoms. The van der Waals surface area contributed by atoms with E-state index in [1.807, 2.05) is 29.2 Å². The van der Waals surface area contributed by atoms with Gasteiger partial charge in [0.15, 0.2) is 0 Å². The molecule has 0 aliphatic carbocycles. The van der Waals surface area contributed by atoms with Crippen molar-refractivity contribution in [3.63, 3.8) is 0 Å². The number of likely N-dealkylation sites (tertiary alicyclic amines) is 3. The van der Waals surface area contributed by atoms with Gasteiger partial charge in [0.25, 0.3) is 0 Å². The highest BCUT2D eigenvalue weighted by Gasteiger charge is 2.33. The predicted octanol–water partition coefficient (Wildman–Crippen LogP) is 2.95. The van der Waals surface area contributed by atoms with Gasteiger partial charge in [-0.15, -0.1) is 0 Å². The van der Waals surface area contributed by atoms with E-state index in [1.165, 1.54) is 19.3 Å². The fourth-order valence-electron chi connectivity index (χ4n) is 5.39. The number of amides is 2. The summed E-state index contributed by atoms with van der Waals surface area (Å²) in [5.74, 6) is 1.66. The predicted molar refractivity (Wildman–Crippen MR) is 121 cm³/mol. The molecule has 3 aliphatic rings. The Labute approximate surface area is 186 Å². The fraction of sp³-hybridized carbons (Fsp3) is 0.680. The summed E-state index contributed by atoms with van der Waals surface area (Å²) in [5, 5.41) is 0. The average molecular weight is 428 g/mol. The number of nitrogens with zero attached hydrogens (tertiary/aromatic N) is 3. The van der Waals surface area contributed by atoms with Gasteiger partial charge in [-0.25, -0.2) is 0 Å². The summed E-state index contributed by atoms with van der Waals surface area (Å²) in [5.41, 5.74) is 1.04. The van der Waals surface area contributed by atoms with Crippen LogP contribution in [0.3, 0.4) is 0 Å². The molecule has 3 saturated heterocycles. The lowest BCUT2D eigenvalue weighted by molar-refractivity contribution is -0.138. The molecule has 4 rings (SSSR count). The summed E-state index contributed by atoms with van der Waals surface area (Å²) in [6, 6.07) is 8.32. The minimum Gasteiger partial charge on any atom is -0.497 e. The van der Waals surface area contributed by atoms with E-state index in [1.54, 1.807) is 7.11 Å². The van der Waals surface area contributed by atoms with Crippen LogP contribution in [0, 0.1) is 5.92 Å². The third kappa shape index (κ3) is 5.59. The zero-order valence-electron chi connectivity index (χ0n) is 18.9. The number of carbonyl (C=O) groups excluding carboxylic acids is 2. The third-order valence-corrected chi connectivity index (χ3v) is 7.39. The highest BCUT2D eigenvalue weighted by atomic mass is 16.5. The van der Waals surface area contributed by atoms with E-state index in [0.717, 1.165) is 76.3 Å². The zero-order chi connectivity index (χ0) is 21.6. The lowest BCUT2D eigenvalue weighted by Crippen LogP contribution is -2.51. The monoisotopic (exact) mass is 427 g/mol. The number of carbonyl (C=O) groups is 2. The summed E-state index contributed by atoms with van der Waals surface area (Å²) in [7, 11) is 1.65.